The smallest absolute Gasteiger partial charge is 0.305 e. The number of nitrogens with two attached hydrogens (primary N) is 1. The van der Waals surface area contributed by atoms with Gasteiger partial charge in [-0.1, -0.05) is 40.0 Å². The minimum atomic E-state index is -0.258. The molecule has 0 heterocycles. The van der Waals surface area contributed by atoms with Gasteiger partial charge in [-0.2, -0.15) is 0 Å². The number of rotatable bonds is 15. The summed E-state index contributed by atoms with van der Waals surface area (Å²) in [6.07, 6.45) is 8.20. The third-order valence-corrected chi connectivity index (χ3v) is 4.43. The average molecular weight is 344 g/mol. The van der Waals surface area contributed by atoms with Gasteiger partial charge in [0.15, 0.2) is 0 Å². The second-order valence-electron chi connectivity index (χ2n) is 6.63. The summed E-state index contributed by atoms with van der Waals surface area (Å²) >= 11 is 0. The van der Waals surface area contributed by atoms with E-state index in [9.17, 15) is 9.59 Å². The number of carbonyl (C=O) groups is 2. The molecule has 0 radical (unpaired) electrons. The van der Waals surface area contributed by atoms with Gasteiger partial charge in [0, 0.05) is 18.3 Å². The molecule has 1 unspecified atom stereocenters. The monoisotopic (exact) mass is 343 g/mol. The van der Waals surface area contributed by atoms with Crippen LogP contribution in [0.5, 0.6) is 0 Å². The van der Waals surface area contributed by atoms with Gasteiger partial charge < -0.3 is 15.2 Å². The van der Waals surface area contributed by atoms with Gasteiger partial charge >= 0.3 is 11.9 Å². The molecule has 142 valence electrons. The molecule has 5 heteroatoms. The average Bonchev–Trinajstić information content (AvgIpc) is 2.59. The van der Waals surface area contributed by atoms with Crippen molar-refractivity contribution >= 4 is 11.9 Å². The van der Waals surface area contributed by atoms with E-state index >= 15 is 0 Å². The Hall–Kier alpha value is -1.10. The fraction of sp³-hybridized carbons (Fsp3) is 0.895. The zero-order valence-electron chi connectivity index (χ0n) is 15.9. The summed E-state index contributed by atoms with van der Waals surface area (Å²) < 4.78 is 10.9. The van der Waals surface area contributed by atoms with E-state index in [-0.39, 0.29) is 17.4 Å². The fourth-order valence-corrected chi connectivity index (χ4v) is 2.52. The highest BCUT2D eigenvalue weighted by Gasteiger charge is 2.31. The van der Waals surface area contributed by atoms with Crippen LogP contribution in [0.3, 0.4) is 0 Å². The predicted molar refractivity (Wildman–Crippen MR) is 96.6 cm³/mol. The molecule has 24 heavy (non-hydrogen) atoms. The summed E-state index contributed by atoms with van der Waals surface area (Å²) in [6, 6.07) is 0. The van der Waals surface area contributed by atoms with Crippen molar-refractivity contribution in [3.63, 3.8) is 0 Å². The summed E-state index contributed by atoms with van der Waals surface area (Å²) in [6.45, 7) is 7.48. The lowest BCUT2D eigenvalue weighted by Crippen LogP contribution is -2.34. The van der Waals surface area contributed by atoms with Crippen LogP contribution in [0, 0.1) is 5.41 Å². The quantitative estimate of drug-likeness (QED) is 0.359. The van der Waals surface area contributed by atoms with Crippen LogP contribution in [0.25, 0.3) is 0 Å². The molecular weight excluding hydrogens is 306 g/mol. The van der Waals surface area contributed by atoms with Gasteiger partial charge in [0.2, 0.25) is 0 Å². The first-order valence-electron chi connectivity index (χ1n) is 9.54. The van der Waals surface area contributed by atoms with Crippen LogP contribution in [0.2, 0.25) is 0 Å². The Morgan fingerprint density at radius 1 is 0.833 bits per heavy atom. The zero-order valence-corrected chi connectivity index (χ0v) is 15.9. The van der Waals surface area contributed by atoms with Crippen molar-refractivity contribution in [3.8, 4) is 0 Å². The van der Waals surface area contributed by atoms with Crippen molar-refractivity contribution in [3.05, 3.63) is 0 Å². The standard InChI is InChI=1S/C19H37NO4/c1-4-7-13-19(6-3,15-23-17(21)11-5-2)16-24-18(22)12-9-8-10-14-20/h4-16,20H2,1-3H3. The predicted octanol–water partition coefficient (Wildman–Crippen LogP) is 3.98. The molecule has 1 atom stereocenters. The van der Waals surface area contributed by atoms with Crippen LogP contribution < -0.4 is 5.73 Å². The van der Waals surface area contributed by atoms with E-state index in [0.717, 1.165) is 51.4 Å². The van der Waals surface area contributed by atoms with Crippen molar-refractivity contribution in [2.45, 2.75) is 85.0 Å². The van der Waals surface area contributed by atoms with E-state index in [1.807, 2.05) is 6.92 Å². The van der Waals surface area contributed by atoms with E-state index in [1.165, 1.54) is 0 Å². The van der Waals surface area contributed by atoms with Gasteiger partial charge in [-0.15, -0.1) is 0 Å². The molecule has 2 N–H and O–H groups in total. The SMILES string of the molecule is CCCCC(CC)(COC(=O)CCC)COC(=O)CCCCCN. The lowest BCUT2D eigenvalue weighted by Gasteiger charge is -2.31. The van der Waals surface area contributed by atoms with Gasteiger partial charge in [-0.3, -0.25) is 9.59 Å². The molecule has 0 aromatic heterocycles. The van der Waals surface area contributed by atoms with E-state index in [0.29, 0.717) is 32.6 Å². The highest BCUT2D eigenvalue weighted by Crippen LogP contribution is 2.30. The Labute approximate surface area is 147 Å². The number of esters is 2. The van der Waals surface area contributed by atoms with Gasteiger partial charge in [0.05, 0.1) is 0 Å². The number of carbonyl (C=O) groups excluding carboxylic acids is 2. The lowest BCUT2D eigenvalue weighted by molar-refractivity contribution is -0.155. The molecule has 0 amide bonds. The van der Waals surface area contributed by atoms with Crippen molar-refractivity contribution in [1.82, 2.24) is 0 Å². The Balaban J connectivity index is 4.46. The second-order valence-corrected chi connectivity index (χ2v) is 6.63. The normalized spacial score (nSPS) is 13.3. The van der Waals surface area contributed by atoms with Crippen LogP contribution in [-0.2, 0) is 19.1 Å². The van der Waals surface area contributed by atoms with Crippen LogP contribution in [-0.4, -0.2) is 31.7 Å². The lowest BCUT2D eigenvalue weighted by atomic mass is 9.81. The molecule has 0 aliphatic heterocycles. The Bertz CT molecular complexity index is 346. The first-order valence-corrected chi connectivity index (χ1v) is 9.54. The third kappa shape index (κ3) is 10.6. The summed E-state index contributed by atoms with van der Waals surface area (Å²) in [5, 5.41) is 0. The number of ether oxygens (including phenoxy) is 2. The molecule has 0 bridgehead atoms. The molecule has 0 saturated carbocycles. The van der Waals surface area contributed by atoms with E-state index in [4.69, 9.17) is 15.2 Å². The number of hydrogen-bond acceptors (Lipinski definition) is 5. The highest BCUT2D eigenvalue weighted by atomic mass is 16.5. The maximum Gasteiger partial charge on any atom is 0.305 e. The molecule has 0 saturated heterocycles. The molecular formula is C19H37NO4. The number of hydrogen-bond donors (Lipinski definition) is 1. The Morgan fingerprint density at radius 3 is 1.96 bits per heavy atom. The summed E-state index contributed by atoms with van der Waals surface area (Å²) in [5.74, 6) is -0.332. The van der Waals surface area contributed by atoms with Gasteiger partial charge in [0.25, 0.3) is 0 Å². The maximum absolute atomic E-state index is 11.9. The van der Waals surface area contributed by atoms with Crippen LogP contribution in [0.15, 0.2) is 0 Å². The summed E-state index contributed by atoms with van der Waals surface area (Å²) in [7, 11) is 0. The van der Waals surface area contributed by atoms with Gasteiger partial charge in [-0.25, -0.2) is 0 Å². The van der Waals surface area contributed by atoms with Crippen molar-refractivity contribution in [1.29, 1.82) is 0 Å². The molecule has 0 fully saturated rings. The van der Waals surface area contributed by atoms with Crippen LogP contribution in [0.4, 0.5) is 0 Å². The molecule has 0 aliphatic carbocycles. The second kappa shape index (κ2) is 14.3. The van der Waals surface area contributed by atoms with Crippen LogP contribution >= 0.6 is 0 Å². The number of unbranched alkanes of at least 4 members (excludes halogenated alkanes) is 3. The van der Waals surface area contributed by atoms with Crippen molar-refractivity contribution in [2.24, 2.45) is 11.1 Å². The first-order chi connectivity index (χ1) is 11.5. The zero-order chi connectivity index (χ0) is 18.3. The van der Waals surface area contributed by atoms with E-state index in [2.05, 4.69) is 13.8 Å². The fourth-order valence-electron chi connectivity index (χ4n) is 2.52. The minimum absolute atomic E-state index is 0.166. The third-order valence-electron chi connectivity index (χ3n) is 4.43. The molecule has 0 aromatic carbocycles. The van der Waals surface area contributed by atoms with E-state index < -0.39 is 0 Å². The molecule has 0 spiro atoms. The molecule has 5 nitrogen and oxygen atoms in total. The van der Waals surface area contributed by atoms with Gasteiger partial charge in [-0.05, 0) is 38.6 Å². The minimum Gasteiger partial charge on any atom is -0.465 e. The topological polar surface area (TPSA) is 78.6 Å². The summed E-state index contributed by atoms with van der Waals surface area (Å²) in [5.41, 5.74) is 5.19. The molecule has 0 rings (SSSR count). The Kier molecular flexibility index (Phi) is 13.6. The van der Waals surface area contributed by atoms with Gasteiger partial charge in [0.1, 0.15) is 13.2 Å². The van der Waals surface area contributed by atoms with E-state index in [1.54, 1.807) is 0 Å². The molecule has 0 aliphatic rings. The van der Waals surface area contributed by atoms with Crippen LogP contribution in [0.1, 0.15) is 85.0 Å². The summed E-state index contributed by atoms with van der Waals surface area (Å²) in [4.78, 5) is 23.6. The Morgan fingerprint density at radius 2 is 1.46 bits per heavy atom. The van der Waals surface area contributed by atoms with Crippen molar-refractivity contribution in [2.75, 3.05) is 19.8 Å². The van der Waals surface area contributed by atoms with Crippen molar-refractivity contribution < 1.29 is 19.1 Å². The highest BCUT2D eigenvalue weighted by molar-refractivity contribution is 5.69. The largest absolute Gasteiger partial charge is 0.465 e. The first kappa shape index (κ1) is 22.9. The maximum atomic E-state index is 11.9. The molecule has 0 aromatic rings.